The zero-order valence-corrected chi connectivity index (χ0v) is 20.4. The summed E-state index contributed by atoms with van der Waals surface area (Å²) in [6.07, 6.45) is 0.890. The summed E-state index contributed by atoms with van der Waals surface area (Å²) in [5, 5.41) is 17.7. The van der Waals surface area contributed by atoms with Crippen LogP contribution in [0.4, 0.5) is 10.1 Å². The lowest BCUT2D eigenvalue weighted by Gasteiger charge is -2.42. The zero-order valence-electron chi connectivity index (χ0n) is 20.4. The average Bonchev–Trinajstić information content (AvgIpc) is 3.21. The van der Waals surface area contributed by atoms with Gasteiger partial charge in [-0.1, -0.05) is 30.3 Å². The van der Waals surface area contributed by atoms with Crippen LogP contribution in [0.15, 0.2) is 53.6 Å². The van der Waals surface area contributed by atoms with Gasteiger partial charge in [-0.25, -0.2) is 4.39 Å². The second-order valence-electron chi connectivity index (χ2n) is 9.73. The average molecular weight is 481 g/mol. The molecular weight excluding hydrogens is 447 g/mol. The lowest BCUT2D eigenvalue weighted by molar-refractivity contribution is -0.130. The van der Waals surface area contributed by atoms with E-state index in [0.717, 1.165) is 51.1 Å². The van der Waals surface area contributed by atoms with Gasteiger partial charge in [0.05, 0.1) is 17.2 Å². The second-order valence-corrected chi connectivity index (χ2v) is 9.73. The van der Waals surface area contributed by atoms with Gasteiger partial charge in [-0.2, -0.15) is 5.10 Å². The zero-order chi connectivity index (χ0) is 24.6. The van der Waals surface area contributed by atoms with Crippen molar-refractivity contribution in [2.75, 3.05) is 44.3 Å². The molecule has 1 amide bonds. The molecule has 1 fully saturated rings. The Balaban J connectivity index is 1.44. The van der Waals surface area contributed by atoms with Crippen LogP contribution in [0.3, 0.4) is 0 Å². The molecule has 1 N–H and O–H groups in total. The third kappa shape index (κ3) is 4.29. The maximum atomic E-state index is 14.2. The van der Waals surface area contributed by atoms with E-state index in [0.29, 0.717) is 23.8 Å². The van der Waals surface area contributed by atoms with E-state index in [1.165, 1.54) is 12.1 Å². The largest absolute Gasteiger partial charge is 0.489 e. The quantitative estimate of drug-likeness (QED) is 0.689. The molecule has 0 aliphatic carbocycles. The molecule has 1 saturated heterocycles. The highest BCUT2D eigenvalue weighted by molar-refractivity contribution is 6.02. The summed E-state index contributed by atoms with van der Waals surface area (Å²) in [6.45, 7) is 7.90. The topological polar surface area (TPSA) is 68.6 Å². The molecule has 0 saturated carbocycles. The van der Waals surface area contributed by atoms with Gasteiger partial charge in [0, 0.05) is 39.2 Å². The van der Waals surface area contributed by atoms with Crippen LogP contribution in [0.2, 0.25) is 0 Å². The number of hydrogen-bond donors (Lipinski definition) is 1. The summed E-state index contributed by atoms with van der Waals surface area (Å²) in [5.41, 5.74) is 1.80. The number of piperazine rings is 1. The van der Waals surface area contributed by atoms with Gasteiger partial charge in [0.2, 0.25) is 5.91 Å². The molecule has 3 aliphatic heterocycles. The first kappa shape index (κ1) is 23.8. The van der Waals surface area contributed by atoms with Crippen molar-refractivity contribution < 1.29 is 19.0 Å². The summed E-state index contributed by atoms with van der Waals surface area (Å²) >= 11 is 0. The SMILES string of the molecule is CC(=O)N1CCN(CCC[C@]2(c3ccccc3)C(C(C)O)=NN3c4cc(F)ccc4OCC32)CC1. The molecule has 0 aromatic heterocycles. The number of carbonyl (C=O) groups excluding carboxylic acids is 1. The van der Waals surface area contributed by atoms with E-state index in [9.17, 15) is 14.3 Å². The van der Waals surface area contributed by atoms with Crippen molar-refractivity contribution in [2.45, 2.75) is 44.2 Å². The molecule has 35 heavy (non-hydrogen) atoms. The van der Waals surface area contributed by atoms with E-state index < -0.39 is 11.5 Å². The second kappa shape index (κ2) is 9.59. The minimum absolute atomic E-state index is 0.130. The van der Waals surface area contributed by atoms with Gasteiger partial charge in [-0.05, 0) is 44.0 Å². The molecule has 3 heterocycles. The third-order valence-corrected chi connectivity index (χ3v) is 7.65. The first-order chi connectivity index (χ1) is 16.9. The minimum atomic E-state index is -0.767. The number of amides is 1. The van der Waals surface area contributed by atoms with Gasteiger partial charge in [0.25, 0.3) is 0 Å². The van der Waals surface area contributed by atoms with Gasteiger partial charge in [0.1, 0.15) is 29.9 Å². The van der Waals surface area contributed by atoms with Gasteiger partial charge in [0.15, 0.2) is 0 Å². The Hall–Kier alpha value is -2.97. The van der Waals surface area contributed by atoms with E-state index >= 15 is 0 Å². The number of rotatable bonds is 6. The Kier molecular flexibility index (Phi) is 6.51. The van der Waals surface area contributed by atoms with Crippen molar-refractivity contribution in [3.63, 3.8) is 0 Å². The number of nitrogens with zero attached hydrogens (tertiary/aromatic N) is 4. The van der Waals surface area contributed by atoms with Crippen molar-refractivity contribution in [1.82, 2.24) is 9.80 Å². The van der Waals surface area contributed by atoms with Gasteiger partial charge in [-0.15, -0.1) is 0 Å². The Morgan fingerprint density at radius 2 is 1.94 bits per heavy atom. The van der Waals surface area contributed by atoms with Gasteiger partial charge in [-0.3, -0.25) is 14.7 Å². The molecule has 0 radical (unpaired) electrons. The molecule has 8 heteroatoms. The number of benzene rings is 2. The third-order valence-electron chi connectivity index (χ3n) is 7.65. The number of halogens is 1. The summed E-state index contributed by atoms with van der Waals surface area (Å²) in [6, 6.07) is 14.5. The van der Waals surface area contributed by atoms with Crippen LogP contribution in [-0.4, -0.2) is 78.0 Å². The van der Waals surface area contributed by atoms with Crippen LogP contribution in [0.1, 0.15) is 32.3 Å². The van der Waals surface area contributed by atoms with E-state index in [2.05, 4.69) is 17.0 Å². The fourth-order valence-corrected chi connectivity index (χ4v) is 5.89. The number of anilines is 1. The maximum Gasteiger partial charge on any atom is 0.219 e. The molecule has 3 aliphatic rings. The van der Waals surface area contributed by atoms with Crippen molar-refractivity contribution in [2.24, 2.45) is 5.10 Å². The fourth-order valence-electron chi connectivity index (χ4n) is 5.89. The molecule has 2 aromatic rings. The number of ether oxygens (including phenoxy) is 1. The number of fused-ring (bicyclic) bond motifs is 3. The predicted molar refractivity (Wildman–Crippen MR) is 133 cm³/mol. The molecule has 2 unspecified atom stereocenters. The molecule has 0 spiro atoms. The first-order valence-electron chi connectivity index (χ1n) is 12.4. The molecule has 5 rings (SSSR count). The molecule has 7 nitrogen and oxygen atoms in total. The highest BCUT2D eigenvalue weighted by Gasteiger charge is 2.55. The van der Waals surface area contributed by atoms with Crippen molar-refractivity contribution in [3.05, 3.63) is 59.9 Å². The Bertz CT molecular complexity index is 1100. The summed E-state index contributed by atoms with van der Waals surface area (Å²) in [5.74, 6) is 0.387. The van der Waals surface area contributed by atoms with Crippen molar-refractivity contribution in [3.8, 4) is 5.75 Å². The van der Waals surface area contributed by atoms with Crippen LogP contribution in [0.5, 0.6) is 5.75 Å². The first-order valence-corrected chi connectivity index (χ1v) is 12.4. The van der Waals surface area contributed by atoms with E-state index in [4.69, 9.17) is 9.84 Å². The van der Waals surface area contributed by atoms with E-state index in [1.54, 1.807) is 19.9 Å². The molecule has 2 aromatic carbocycles. The van der Waals surface area contributed by atoms with Crippen LogP contribution >= 0.6 is 0 Å². The van der Waals surface area contributed by atoms with E-state index in [1.807, 2.05) is 28.1 Å². The van der Waals surface area contributed by atoms with Gasteiger partial charge >= 0.3 is 0 Å². The Morgan fingerprint density at radius 1 is 1.20 bits per heavy atom. The minimum Gasteiger partial charge on any atom is -0.489 e. The monoisotopic (exact) mass is 480 g/mol. The number of aliphatic hydroxyl groups excluding tert-OH is 1. The summed E-state index contributed by atoms with van der Waals surface area (Å²) in [4.78, 5) is 16.0. The number of hydrazone groups is 1. The molecule has 186 valence electrons. The lowest BCUT2D eigenvalue weighted by atomic mass is 9.66. The van der Waals surface area contributed by atoms with Crippen LogP contribution in [-0.2, 0) is 10.2 Å². The lowest BCUT2D eigenvalue weighted by Crippen LogP contribution is -2.54. The number of carbonyl (C=O) groups is 1. The Morgan fingerprint density at radius 3 is 2.63 bits per heavy atom. The normalized spacial score (nSPS) is 24.9. The van der Waals surface area contributed by atoms with Crippen LogP contribution in [0.25, 0.3) is 0 Å². The number of aliphatic hydroxyl groups is 1. The number of hydrogen-bond acceptors (Lipinski definition) is 6. The highest BCUT2D eigenvalue weighted by Crippen LogP contribution is 2.49. The predicted octanol–water partition coefficient (Wildman–Crippen LogP) is 3.03. The van der Waals surface area contributed by atoms with Crippen LogP contribution in [0, 0.1) is 5.82 Å². The van der Waals surface area contributed by atoms with Gasteiger partial charge < -0.3 is 14.7 Å². The molecular formula is C27H33FN4O3. The standard InChI is InChI=1S/C27H33FN4O3/c1-19(33)26-27(21-7-4-3-5-8-21,11-6-12-30-13-15-31(16-14-30)20(2)34)25-18-35-24-10-9-22(28)17-23(24)32(25)29-26/h3-5,7-10,17,19,25,33H,6,11-16,18H2,1-2H3/t19?,25?,27-/m1/s1. The summed E-state index contributed by atoms with van der Waals surface area (Å²) in [7, 11) is 0. The van der Waals surface area contributed by atoms with Crippen molar-refractivity contribution >= 4 is 17.3 Å². The maximum absolute atomic E-state index is 14.2. The van der Waals surface area contributed by atoms with E-state index in [-0.39, 0.29) is 17.8 Å². The smallest absolute Gasteiger partial charge is 0.219 e. The summed E-state index contributed by atoms with van der Waals surface area (Å²) < 4.78 is 20.3. The fraction of sp³-hybridized carbons (Fsp3) is 0.481. The van der Waals surface area contributed by atoms with Crippen LogP contribution < -0.4 is 9.75 Å². The Labute approximate surface area is 205 Å². The molecule has 3 atom stereocenters. The van der Waals surface area contributed by atoms with Crippen molar-refractivity contribution in [1.29, 1.82) is 0 Å². The highest BCUT2D eigenvalue weighted by atomic mass is 19.1. The molecule has 0 bridgehead atoms.